The molecule has 0 radical (unpaired) electrons. The van der Waals surface area contributed by atoms with E-state index in [0.717, 1.165) is 0 Å². The van der Waals surface area contributed by atoms with Crippen molar-refractivity contribution in [1.29, 1.82) is 0 Å². The molecule has 27 heavy (non-hydrogen) atoms. The van der Waals surface area contributed by atoms with Gasteiger partial charge in [0.15, 0.2) is 0 Å². The van der Waals surface area contributed by atoms with Crippen LogP contribution < -0.4 is 0 Å². The Labute approximate surface area is 175 Å². The molecule has 0 aromatic heterocycles. The first-order valence-corrected chi connectivity index (χ1v) is 16.1. The monoisotopic (exact) mass is 400 g/mol. The molecule has 0 aromatic rings. The fourth-order valence-corrected chi connectivity index (χ4v) is 10.6. The minimum absolute atomic E-state index is 0.956. The molecule has 0 rings (SSSR count). The van der Waals surface area contributed by atoms with Gasteiger partial charge in [-0.3, -0.25) is 0 Å². The van der Waals surface area contributed by atoms with Crippen molar-refractivity contribution < 1.29 is 0 Å². The first-order valence-electron chi connectivity index (χ1n) is 13.2. The number of hydrogen-bond donors (Lipinski definition) is 0. The summed E-state index contributed by atoms with van der Waals surface area (Å²) in [6.45, 7) is 9.48. The van der Waals surface area contributed by atoms with Crippen molar-refractivity contribution >= 4 is 7.26 Å². The Hall–Kier alpha value is 0.430. The molecule has 0 saturated carbocycles. The summed E-state index contributed by atoms with van der Waals surface area (Å²) in [6, 6.07) is 0. The van der Waals surface area contributed by atoms with Crippen molar-refractivity contribution in [2.75, 3.05) is 24.6 Å². The maximum absolute atomic E-state index is 2.39. The molecule has 0 atom stereocenters. The Morgan fingerprint density at radius 2 is 0.556 bits per heavy atom. The molecular formula is C26H57P. The van der Waals surface area contributed by atoms with E-state index in [2.05, 4.69) is 27.7 Å². The van der Waals surface area contributed by atoms with Crippen molar-refractivity contribution in [3.63, 3.8) is 0 Å². The van der Waals surface area contributed by atoms with Crippen LogP contribution in [0.1, 0.15) is 143 Å². The van der Waals surface area contributed by atoms with Crippen molar-refractivity contribution in [2.24, 2.45) is 0 Å². The Morgan fingerprint density at radius 3 is 0.889 bits per heavy atom. The molecule has 0 bridgehead atoms. The average Bonchev–Trinajstić information content (AvgIpc) is 2.69. The molecule has 0 unspecified atom stereocenters. The Balaban J connectivity index is 3.89. The van der Waals surface area contributed by atoms with E-state index >= 15 is 0 Å². The molecular weight excluding hydrogens is 343 g/mol. The fraction of sp³-hybridized carbons (Fsp3) is 1.00. The van der Waals surface area contributed by atoms with Crippen LogP contribution in [0.3, 0.4) is 0 Å². The molecule has 0 fully saturated rings. The van der Waals surface area contributed by atoms with Gasteiger partial charge < -0.3 is 0 Å². The standard InChI is InChI=1S/C26H57P/c1-5-9-13-14-15-16-17-18-19-20-21-22-26-27(23-10-6-2,24-11-7-3)25-12-8-4/h27H,5-26H2,1-4H3. The Bertz CT molecular complexity index is 252. The number of rotatable bonds is 22. The van der Waals surface area contributed by atoms with Gasteiger partial charge >= 0.3 is 162 Å². The van der Waals surface area contributed by atoms with Crippen molar-refractivity contribution in [2.45, 2.75) is 143 Å². The van der Waals surface area contributed by atoms with E-state index < -0.39 is 7.26 Å². The SMILES string of the molecule is CCCCCCCCCCCCCC[PH](CCCC)(CCCC)CCCC. The van der Waals surface area contributed by atoms with E-state index in [1.165, 1.54) is 109 Å². The fourth-order valence-electron chi connectivity index (χ4n) is 4.75. The Morgan fingerprint density at radius 1 is 0.296 bits per heavy atom. The van der Waals surface area contributed by atoms with Crippen LogP contribution in [0.4, 0.5) is 0 Å². The van der Waals surface area contributed by atoms with Crippen LogP contribution in [0.2, 0.25) is 0 Å². The van der Waals surface area contributed by atoms with Gasteiger partial charge in [0.2, 0.25) is 0 Å². The molecule has 0 aliphatic heterocycles. The summed E-state index contributed by atoms with van der Waals surface area (Å²) in [5, 5.41) is 0. The summed E-state index contributed by atoms with van der Waals surface area (Å²) >= 11 is 0. The zero-order valence-electron chi connectivity index (χ0n) is 20.1. The van der Waals surface area contributed by atoms with Crippen molar-refractivity contribution in [3.05, 3.63) is 0 Å². The molecule has 0 amide bonds. The summed E-state index contributed by atoms with van der Waals surface area (Å²) in [7, 11) is -0.956. The van der Waals surface area contributed by atoms with Gasteiger partial charge in [-0.1, -0.05) is 13.3 Å². The van der Waals surface area contributed by atoms with Gasteiger partial charge in [-0.25, -0.2) is 0 Å². The second-order valence-corrected chi connectivity index (χ2v) is 14.4. The van der Waals surface area contributed by atoms with E-state index in [4.69, 9.17) is 0 Å². The van der Waals surface area contributed by atoms with Crippen molar-refractivity contribution in [3.8, 4) is 0 Å². The third-order valence-electron chi connectivity index (χ3n) is 6.74. The summed E-state index contributed by atoms with van der Waals surface area (Å²) in [6.07, 6.45) is 33.2. The summed E-state index contributed by atoms with van der Waals surface area (Å²) in [4.78, 5) is 0. The van der Waals surface area contributed by atoms with Crippen LogP contribution in [-0.4, -0.2) is 24.6 Å². The van der Waals surface area contributed by atoms with E-state index in [1.54, 1.807) is 31.1 Å². The number of unbranched alkanes of at least 4 members (excludes halogenated alkanes) is 14. The van der Waals surface area contributed by atoms with Gasteiger partial charge in [0, 0.05) is 0 Å². The minimum atomic E-state index is -0.956. The third-order valence-corrected chi connectivity index (χ3v) is 12.4. The van der Waals surface area contributed by atoms with E-state index in [-0.39, 0.29) is 0 Å². The van der Waals surface area contributed by atoms with Crippen LogP contribution in [0.25, 0.3) is 0 Å². The van der Waals surface area contributed by atoms with Crippen LogP contribution >= 0.6 is 7.26 Å². The van der Waals surface area contributed by atoms with Gasteiger partial charge in [-0.15, -0.1) is 0 Å². The molecule has 0 heterocycles. The predicted octanol–water partition coefficient (Wildman–Crippen LogP) is 9.84. The molecule has 1 heteroatoms. The molecule has 0 aliphatic carbocycles. The molecule has 0 nitrogen and oxygen atoms in total. The van der Waals surface area contributed by atoms with Crippen molar-refractivity contribution in [1.82, 2.24) is 0 Å². The topological polar surface area (TPSA) is 0 Å². The van der Waals surface area contributed by atoms with E-state index in [0.29, 0.717) is 0 Å². The Kier molecular flexibility index (Phi) is 21.5. The zero-order chi connectivity index (χ0) is 20.1. The third kappa shape index (κ3) is 17.0. The van der Waals surface area contributed by atoms with Gasteiger partial charge in [-0.05, 0) is 0 Å². The maximum atomic E-state index is 2.39. The normalized spacial score (nSPS) is 12.6. The van der Waals surface area contributed by atoms with Crippen LogP contribution in [0, 0.1) is 0 Å². The molecule has 0 spiro atoms. The average molecular weight is 401 g/mol. The van der Waals surface area contributed by atoms with Gasteiger partial charge in [0.1, 0.15) is 0 Å². The predicted molar refractivity (Wildman–Crippen MR) is 134 cm³/mol. The summed E-state index contributed by atoms with van der Waals surface area (Å²) in [5.74, 6) is 0. The first-order chi connectivity index (χ1) is 13.2. The zero-order valence-corrected chi connectivity index (χ0v) is 21.1. The molecule has 0 aromatic carbocycles. The molecule has 166 valence electrons. The first kappa shape index (κ1) is 27.4. The summed E-state index contributed by atoms with van der Waals surface area (Å²) in [5.41, 5.74) is 0. The van der Waals surface area contributed by atoms with Crippen LogP contribution in [-0.2, 0) is 0 Å². The van der Waals surface area contributed by atoms with Gasteiger partial charge in [0.25, 0.3) is 0 Å². The molecule has 0 N–H and O–H groups in total. The second-order valence-electron chi connectivity index (χ2n) is 9.45. The van der Waals surface area contributed by atoms with Crippen LogP contribution in [0.15, 0.2) is 0 Å². The van der Waals surface area contributed by atoms with Gasteiger partial charge in [0.05, 0.1) is 0 Å². The quantitative estimate of drug-likeness (QED) is 0.125. The summed E-state index contributed by atoms with van der Waals surface area (Å²) < 4.78 is 0. The van der Waals surface area contributed by atoms with Crippen LogP contribution in [0.5, 0.6) is 0 Å². The molecule has 0 saturated heterocycles. The number of hydrogen-bond acceptors (Lipinski definition) is 0. The van der Waals surface area contributed by atoms with Gasteiger partial charge in [-0.2, -0.15) is 0 Å². The molecule has 0 aliphatic rings. The second kappa shape index (κ2) is 21.1. The van der Waals surface area contributed by atoms with E-state index in [9.17, 15) is 0 Å². The van der Waals surface area contributed by atoms with E-state index in [1.807, 2.05) is 0 Å².